The maximum atomic E-state index is 5.92. The molecule has 1 aliphatic heterocycles. The van der Waals surface area contributed by atoms with Gasteiger partial charge in [-0.1, -0.05) is 18.2 Å². The first-order valence-corrected chi connectivity index (χ1v) is 9.64. The Morgan fingerprint density at radius 3 is 2.74 bits per heavy atom. The van der Waals surface area contributed by atoms with Gasteiger partial charge in [0.2, 0.25) is 0 Å². The highest BCUT2D eigenvalue weighted by molar-refractivity contribution is 5.88. The second-order valence-electron chi connectivity index (χ2n) is 7.15. The average molecular weight is 361 g/mol. The van der Waals surface area contributed by atoms with E-state index in [1.165, 1.54) is 5.39 Å². The fraction of sp³-hybridized carbons (Fsp3) is 0.318. The van der Waals surface area contributed by atoms with Gasteiger partial charge in [0.25, 0.3) is 0 Å². The van der Waals surface area contributed by atoms with Gasteiger partial charge < -0.3 is 13.7 Å². The number of fused-ring (bicyclic) bond motifs is 2. The third kappa shape index (κ3) is 3.30. The van der Waals surface area contributed by atoms with Crippen LogP contribution in [0.3, 0.4) is 0 Å². The van der Waals surface area contributed by atoms with Crippen LogP contribution in [0.1, 0.15) is 12.2 Å². The predicted octanol–water partition coefficient (Wildman–Crippen LogP) is 4.33. The predicted molar refractivity (Wildman–Crippen MR) is 107 cm³/mol. The van der Waals surface area contributed by atoms with Crippen molar-refractivity contribution >= 4 is 27.8 Å². The van der Waals surface area contributed by atoms with E-state index < -0.39 is 0 Å². The molecule has 3 aromatic heterocycles. The molecule has 4 heterocycles. The smallest absolute Gasteiger partial charge is 0.139 e. The zero-order valence-corrected chi connectivity index (χ0v) is 15.3. The van der Waals surface area contributed by atoms with Crippen LogP contribution in [0.15, 0.2) is 63.8 Å². The molecule has 5 rings (SSSR count). The Morgan fingerprint density at radius 2 is 1.85 bits per heavy atom. The zero-order valence-electron chi connectivity index (χ0n) is 15.3. The highest BCUT2D eigenvalue weighted by atomic mass is 16.3. The minimum Gasteiger partial charge on any atom is -0.464 e. The summed E-state index contributed by atoms with van der Waals surface area (Å²) >= 11 is 0. The van der Waals surface area contributed by atoms with Crippen molar-refractivity contribution in [2.45, 2.75) is 12.8 Å². The number of hydrogen-bond acceptors (Lipinski definition) is 5. The van der Waals surface area contributed by atoms with Gasteiger partial charge in [-0.05, 0) is 37.2 Å². The summed E-state index contributed by atoms with van der Waals surface area (Å²) in [6.45, 7) is 5.24. The van der Waals surface area contributed by atoms with E-state index in [-0.39, 0.29) is 0 Å². The molecule has 1 aliphatic rings. The lowest BCUT2D eigenvalue weighted by molar-refractivity contribution is 0.253. The topological polar surface area (TPSA) is 45.7 Å². The Labute approximate surface area is 158 Å². The van der Waals surface area contributed by atoms with Gasteiger partial charge in [-0.25, -0.2) is 4.98 Å². The van der Waals surface area contributed by atoms with Crippen LogP contribution in [0.4, 0.5) is 5.82 Å². The number of aryl methyl sites for hydroxylation is 1. The van der Waals surface area contributed by atoms with Crippen molar-refractivity contribution in [1.82, 2.24) is 9.88 Å². The molecule has 4 aromatic rings. The van der Waals surface area contributed by atoms with E-state index in [4.69, 9.17) is 8.83 Å². The van der Waals surface area contributed by atoms with Crippen LogP contribution in [0, 0.1) is 0 Å². The molecule has 0 unspecified atom stereocenters. The molecule has 0 N–H and O–H groups in total. The first-order valence-electron chi connectivity index (χ1n) is 9.64. The van der Waals surface area contributed by atoms with Crippen LogP contribution >= 0.6 is 0 Å². The lowest BCUT2D eigenvalue weighted by Gasteiger charge is -2.35. The van der Waals surface area contributed by atoms with Gasteiger partial charge in [0.15, 0.2) is 0 Å². The van der Waals surface area contributed by atoms with Gasteiger partial charge in [-0.3, -0.25) is 4.90 Å². The summed E-state index contributed by atoms with van der Waals surface area (Å²) < 4.78 is 11.4. The van der Waals surface area contributed by atoms with E-state index >= 15 is 0 Å². The van der Waals surface area contributed by atoms with Crippen LogP contribution in [0.2, 0.25) is 0 Å². The molecule has 5 heteroatoms. The Kier molecular flexibility index (Phi) is 4.30. The molecule has 1 saturated heterocycles. The first-order chi connectivity index (χ1) is 13.4. The minimum atomic E-state index is 0.910. The number of anilines is 1. The van der Waals surface area contributed by atoms with Crippen LogP contribution < -0.4 is 4.90 Å². The maximum Gasteiger partial charge on any atom is 0.139 e. The maximum absolute atomic E-state index is 5.92. The summed E-state index contributed by atoms with van der Waals surface area (Å²) in [6, 6.07) is 14.3. The summed E-state index contributed by atoms with van der Waals surface area (Å²) in [7, 11) is 0. The summed E-state index contributed by atoms with van der Waals surface area (Å²) in [5, 5.41) is 2.30. The SMILES string of the molecule is c1ccc2oc(CCCN3CCN(c4nccc5occc45)CC3)cc2c1. The highest BCUT2D eigenvalue weighted by Crippen LogP contribution is 2.26. The zero-order chi connectivity index (χ0) is 18.1. The molecule has 0 bridgehead atoms. The molecule has 0 aliphatic carbocycles. The largest absolute Gasteiger partial charge is 0.464 e. The summed E-state index contributed by atoms with van der Waals surface area (Å²) in [5.74, 6) is 2.13. The van der Waals surface area contributed by atoms with Gasteiger partial charge in [0.1, 0.15) is 22.7 Å². The van der Waals surface area contributed by atoms with Crippen molar-refractivity contribution in [2.75, 3.05) is 37.6 Å². The van der Waals surface area contributed by atoms with Gasteiger partial charge >= 0.3 is 0 Å². The molecule has 0 spiro atoms. The monoisotopic (exact) mass is 361 g/mol. The number of rotatable bonds is 5. The van der Waals surface area contributed by atoms with E-state index in [1.807, 2.05) is 30.5 Å². The number of pyridine rings is 1. The van der Waals surface area contributed by atoms with Crippen LogP contribution in [0.5, 0.6) is 0 Å². The van der Waals surface area contributed by atoms with Crippen molar-refractivity contribution in [1.29, 1.82) is 0 Å². The molecule has 138 valence electrons. The van der Waals surface area contributed by atoms with Crippen molar-refractivity contribution < 1.29 is 8.83 Å². The molecular weight excluding hydrogens is 338 g/mol. The standard InChI is InChI=1S/C22H23N3O2/c1-2-6-20-17(4-1)16-18(27-20)5-3-10-24-11-13-25(14-12-24)22-19-8-15-26-21(19)7-9-23-22/h1-2,4,6-9,15-16H,3,5,10-14H2. The van der Waals surface area contributed by atoms with E-state index in [2.05, 4.69) is 33.0 Å². The first kappa shape index (κ1) is 16.4. The van der Waals surface area contributed by atoms with Gasteiger partial charge in [-0.15, -0.1) is 0 Å². The van der Waals surface area contributed by atoms with E-state index in [1.54, 1.807) is 6.26 Å². The van der Waals surface area contributed by atoms with Crippen molar-refractivity contribution in [3.8, 4) is 0 Å². The average Bonchev–Trinajstić information content (AvgIpc) is 3.34. The Morgan fingerprint density at radius 1 is 0.963 bits per heavy atom. The normalized spacial score (nSPS) is 15.8. The molecule has 0 saturated carbocycles. The summed E-state index contributed by atoms with van der Waals surface area (Å²) in [6.07, 6.45) is 5.69. The molecule has 0 amide bonds. The third-order valence-electron chi connectivity index (χ3n) is 5.40. The second kappa shape index (κ2) is 7.08. The highest BCUT2D eigenvalue weighted by Gasteiger charge is 2.20. The van der Waals surface area contributed by atoms with Gasteiger partial charge in [0, 0.05) is 44.2 Å². The molecule has 0 atom stereocenters. The van der Waals surface area contributed by atoms with E-state index in [0.29, 0.717) is 0 Å². The number of piperazine rings is 1. The Balaban J connectivity index is 1.15. The van der Waals surface area contributed by atoms with Gasteiger partial charge in [0.05, 0.1) is 11.6 Å². The van der Waals surface area contributed by atoms with Crippen LogP contribution in [-0.2, 0) is 6.42 Å². The van der Waals surface area contributed by atoms with Crippen LogP contribution in [-0.4, -0.2) is 42.6 Å². The molecule has 1 fully saturated rings. The summed E-state index contributed by atoms with van der Waals surface area (Å²) in [4.78, 5) is 9.49. The summed E-state index contributed by atoms with van der Waals surface area (Å²) in [5.41, 5.74) is 1.90. The van der Waals surface area contributed by atoms with Crippen molar-refractivity contribution in [3.63, 3.8) is 0 Å². The fourth-order valence-electron chi connectivity index (χ4n) is 3.95. The van der Waals surface area contributed by atoms with Crippen LogP contribution in [0.25, 0.3) is 21.9 Å². The quantitative estimate of drug-likeness (QED) is 0.529. The third-order valence-corrected chi connectivity index (χ3v) is 5.40. The fourth-order valence-corrected chi connectivity index (χ4v) is 3.95. The number of aromatic nitrogens is 1. The van der Waals surface area contributed by atoms with Crippen molar-refractivity contribution in [2.24, 2.45) is 0 Å². The molecule has 1 aromatic carbocycles. The number of para-hydroxylation sites is 1. The molecule has 27 heavy (non-hydrogen) atoms. The number of benzene rings is 1. The van der Waals surface area contributed by atoms with Crippen molar-refractivity contribution in [3.05, 3.63) is 60.7 Å². The molecule has 5 nitrogen and oxygen atoms in total. The lowest BCUT2D eigenvalue weighted by Crippen LogP contribution is -2.47. The molecular formula is C22H23N3O2. The second-order valence-corrected chi connectivity index (χ2v) is 7.15. The number of hydrogen-bond donors (Lipinski definition) is 0. The minimum absolute atomic E-state index is 0.910. The van der Waals surface area contributed by atoms with Gasteiger partial charge in [-0.2, -0.15) is 0 Å². The number of furan rings is 2. The number of nitrogens with zero attached hydrogens (tertiary/aromatic N) is 3. The van der Waals surface area contributed by atoms with E-state index in [9.17, 15) is 0 Å². The van der Waals surface area contributed by atoms with E-state index in [0.717, 1.165) is 73.7 Å². The Bertz CT molecular complexity index is 1010. The molecule has 0 radical (unpaired) electrons. The lowest BCUT2D eigenvalue weighted by atomic mass is 10.2. The Hall–Kier alpha value is -2.79.